The van der Waals surface area contributed by atoms with E-state index in [9.17, 15) is 5.11 Å². The van der Waals surface area contributed by atoms with E-state index in [1.54, 1.807) is 17.8 Å². The van der Waals surface area contributed by atoms with Crippen LogP contribution in [0.2, 0.25) is 0 Å². The summed E-state index contributed by atoms with van der Waals surface area (Å²) in [5.74, 6) is 2.47. The fourth-order valence-corrected chi connectivity index (χ4v) is 3.10. The second-order valence-corrected chi connectivity index (χ2v) is 4.99. The Morgan fingerprint density at radius 3 is 2.64 bits per heavy atom. The van der Waals surface area contributed by atoms with E-state index in [-0.39, 0.29) is 0 Å². The van der Waals surface area contributed by atoms with Crippen LogP contribution in [-0.4, -0.2) is 10.9 Å². The molecule has 0 unspecified atom stereocenters. The van der Waals surface area contributed by atoms with Crippen molar-refractivity contribution in [3.8, 4) is 5.75 Å². The van der Waals surface area contributed by atoms with Crippen LogP contribution in [0.4, 0.5) is 0 Å². The van der Waals surface area contributed by atoms with E-state index in [4.69, 9.17) is 0 Å². The molecule has 1 nitrogen and oxygen atoms in total. The van der Waals surface area contributed by atoms with Gasteiger partial charge >= 0.3 is 0 Å². The normalized spacial score (nSPS) is 17.4. The van der Waals surface area contributed by atoms with Gasteiger partial charge in [-0.2, -0.15) is 0 Å². The zero-order valence-electron chi connectivity index (χ0n) is 8.28. The smallest absolute Gasteiger partial charge is 0.129 e. The zero-order chi connectivity index (χ0) is 9.80. The van der Waals surface area contributed by atoms with E-state index in [0.717, 1.165) is 16.6 Å². The van der Waals surface area contributed by atoms with E-state index in [1.807, 2.05) is 18.2 Å². The summed E-state index contributed by atoms with van der Waals surface area (Å²) in [6.45, 7) is 0. The Morgan fingerprint density at radius 2 is 1.93 bits per heavy atom. The van der Waals surface area contributed by atoms with Crippen molar-refractivity contribution in [2.75, 3.05) is 5.75 Å². The zero-order valence-corrected chi connectivity index (χ0v) is 9.09. The van der Waals surface area contributed by atoms with Gasteiger partial charge in [0.05, 0.1) is 0 Å². The van der Waals surface area contributed by atoms with Crippen molar-refractivity contribution in [3.63, 3.8) is 0 Å². The molecular weight excluding hydrogens is 192 g/mol. The van der Waals surface area contributed by atoms with Crippen molar-refractivity contribution in [3.05, 3.63) is 24.3 Å². The van der Waals surface area contributed by atoms with E-state index in [2.05, 4.69) is 0 Å². The van der Waals surface area contributed by atoms with Gasteiger partial charge in [0.25, 0.3) is 0 Å². The molecule has 2 rings (SSSR count). The maximum absolute atomic E-state index is 9.56. The molecular formula is C12H16OS. The molecule has 2 heteroatoms. The minimum atomic E-state index is 0.426. The Hall–Kier alpha value is -0.630. The first-order chi connectivity index (χ1) is 6.86. The van der Waals surface area contributed by atoms with Gasteiger partial charge in [0.1, 0.15) is 5.75 Å². The molecule has 0 radical (unpaired) electrons. The fourth-order valence-electron chi connectivity index (χ4n) is 1.96. The quantitative estimate of drug-likeness (QED) is 0.765. The molecule has 0 atom stereocenters. The third-order valence-corrected chi connectivity index (χ3v) is 4.11. The molecule has 0 aliphatic heterocycles. The van der Waals surface area contributed by atoms with Gasteiger partial charge < -0.3 is 5.11 Å². The number of phenols is 1. The van der Waals surface area contributed by atoms with E-state index < -0.39 is 0 Å². The molecule has 76 valence electrons. The Balaban J connectivity index is 1.88. The first kappa shape index (κ1) is 9.91. The number of benzene rings is 1. The SMILES string of the molecule is Oc1ccccc1SCC1CCCC1. The Bertz CT molecular complexity index is 292. The lowest BCUT2D eigenvalue weighted by Crippen LogP contribution is -1.95. The van der Waals surface area contributed by atoms with Crippen molar-refractivity contribution in [2.45, 2.75) is 30.6 Å². The van der Waals surface area contributed by atoms with Gasteiger partial charge in [-0.25, -0.2) is 0 Å². The standard InChI is InChI=1S/C12H16OS/c13-11-7-3-4-8-12(11)14-9-10-5-1-2-6-10/h3-4,7-8,10,13H,1-2,5-6,9H2. The average molecular weight is 208 g/mol. The van der Waals surface area contributed by atoms with Crippen LogP contribution in [-0.2, 0) is 0 Å². The van der Waals surface area contributed by atoms with Crippen LogP contribution in [0.25, 0.3) is 0 Å². The number of rotatable bonds is 3. The molecule has 0 amide bonds. The Labute approximate surface area is 89.5 Å². The number of aromatic hydroxyl groups is 1. The van der Waals surface area contributed by atoms with Gasteiger partial charge in [-0.05, 0) is 30.9 Å². The number of hydrogen-bond donors (Lipinski definition) is 1. The summed E-state index contributed by atoms with van der Waals surface area (Å²) < 4.78 is 0. The lowest BCUT2D eigenvalue weighted by Gasteiger charge is -2.08. The van der Waals surface area contributed by atoms with Gasteiger partial charge in [-0.15, -0.1) is 11.8 Å². The highest BCUT2D eigenvalue weighted by atomic mass is 32.2. The van der Waals surface area contributed by atoms with Crippen LogP contribution >= 0.6 is 11.8 Å². The molecule has 1 saturated carbocycles. The summed E-state index contributed by atoms with van der Waals surface area (Å²) in [4.78, 5) is 1.03. The van der Waals surface area contributed by atoms with Crippen LogP contribution in [0.15, 0.2) is 29.2 Å². The molecule has 0 aromatic heterocycles. The second-order valence-electron chi connectivity index (χ2n) is 3.93. The average Bonchev–Trinajstić information content (AvgIpc) is 2.69. The highest BCUT2D eigenvalue weighted by Gasteiger charge is 2.15. The summed E-state index contributed by atoms with van der Waals surface area (Å²) in [7, 11) is 0. The predicted molar refractivity (Wildman–Crippen MR) is 60.8 cm³/mol. The van der Waals surface area contributed by atoms with E-state index >= 15 is 0 Å². The topological polar surface area (TPSA) is 20.2 Å². The van der Waals surface area contributed by atoms with Crippen LogP contribution in [0, 0.1) is 5.92 Å². The van der Waals surface area contributed by atoms with Crippen molar-refractivity contribution in [2.24, 2.45) is 5.92 Å². The molecule has 1 aliphatic rings. The lowest BCUT2D eigenvalue weighted by molar-refractivity contribution is 0.462. The molecule has 1 aliphatic carbocycles. The minimum absolute atomic E-state index is 0.426. The van der Waals surface area contributed by atoms with Crippen molar-refractivity contribution < 1.29 is 5.11 Å². The van der Waals surface area contributed by atoms with Crippen molar-refractivity contribution in [1.82, 2.24) is 0 Å². The summed E-state index contributed by atoms with van der Waals surface area (Å²) in [5, 5.41) is 9.56. The predicted octanol–water partition coefficient (Wildman–Crippen LogP) is 3.67. The maximum Gasteiger partial charge on any atom is 0.129 e. The molecule has 1 N–H and O–H groups in total. The van der Waals surface area contributed by atoms with Crippen LogP contribution in [0.5, 0.6) is 5.75 Å². The molecule has 0 bridgehead atoms. The van der Waals surface area contributed by atoms with Gasteiger partial charge in [-0.1, -0.05) is 25.0 Å². The summed E-state index contributed by atoms with van der Waals surface area (Å²) >= 11 is 1.79. The Morgan fingerprint density at radius 1 is 1.21 bits per heavy atom. The summed E-state index contributed by atoms with van der Waals surface area (Å²) in [6, 6.07) is 7.61. The summed E-state index contributed by atoms with van der Waals surface area (Å²) in [5.41, 5.74) is 0. The van der Waals surface area contributed by atoms with Gasteiger partial charge in [0, 0.05) is 10.6 Å². The highest BCUT2D eigenvalue weighted by molar-refractivity contribution is 7.99. The van der Waals surface area contributed by atoms with Crippen molar-refractivity contribution in [1.29, 1.82) is 0 Å². The third-order valence-electron chi connectivity index (χ3n) is 2.81. The summed E-state index contributed by atoms with van der Waals surface area (Å²) in [6.07, 6.45) is 5.54. The minimum Gasteiger partial charge on any atom is -0.507 e. The molecule has 1 aromatic carbocycles. The first-order valence-electron chi connectivity index (χ1n) is 5.27. The lowest BCUT2D eigenvalue weighted by atomic mass is 10.1. The first-order valence-corrected chi connectivity index (χ1v) is 6.25. The Kier molecular flexibility index (Phi) is 3.35. The van der Waals surface area contributed by atoms with Crippen LogP contribution < -0.4 is 0 Å². The van der Waals surface area contributed by atoms with Crippen LogP contribution in [0.3, 0.4) is 0 Å². The van der Waals surface area contributed by atoms with Gasteiger partial charge in [-0.3, -0.25) is 0 Å². The molecule has 0 saturated heterocycles. The molecule has 14 heavy (non-hydrogen) atoms. The third kappa shape index (κ3) is 2.44. The highest BCUT2D eigenvalue weighted by Crippen LogP contribution is 2.34. The number of thioether (sulfide) groups is 1. The molecule has 1 fully saturated rings. The van der Waals surface area contributed by atoms with E-state index in [0.29, 0.717) is 5.75 Å². The largest absolute Gasteiger partial charge is 0.507 e. The maximum atomic E-state index is 9.56. The van der Waals surface area contributed by atoms with E-state index in [1.165, 1.54) is 25.7 Å². The number of phenolic OH excluding ortho intramolecular Hbond substituents is 1. The van der Waals surface area contributed by atoms with Crippen LogP contribution in [0.1, 0.15) is 25.7 Å². The van der Waals surface area contributed by atoms with Gasteiger partial charge in [0.2, 0.25) is 0 Å². The molecule has 0 heterocycles. The monoisotopic (exact) mass is 208 g/mol. The van der Waals surface area contributed by atoms with Gasteiger partial charge in [0.15, 0.2) is 0 Å². The second kappa shape index (κ2) is 4.74. The van der Waals surface area contributed by atoms with Crippen molar-refractivity contribution >= 4 is 11.8 Å². The fraction of sp³-hybridized carbons (Fsp3) is 0.500. The number of hydrogen-bond acceptors (Lipinski definition) is 2. The molecule has 1 aromatic rings. The number of para-hydroxylation sites is 1. The molecule has 0 spiro atoms.